The van der Waals surface area contributed by atoms with E-state index in [0.29, 0.717) is 16.3 Å². The van der Waals surface area contributed by atoms with Gasteiger partial charge in [-0.3, -0.25) is 9.59 Å². The number of benzene rings is 2. The summed E-state index contributed by atoms with van der Waals surface area (Å²) >= 11 is 5.83. The maximum atomic E-state index is 12.3. The lowest BCUT2D eigenvalue weighted by molar-refractivity contribution is -0.133. The van der Waals surface area contributed by atoms with Gasteiger partial charge in [-0.15, -0.1) is 0 Å². The number of carbonyl (C=O) groups excluding carboxylic acids is 2. The van der Waals surface area contributed by atoms with Gasteiger partial charge < -0.3 is 15.8 Å². The van der Waals surface area contributed by atoms with E-state index in [0.717, 1.165) is 5.56 Å². The predicted octanol–water partition coefficient (Wildman–Crippen LogP) is 2.76. The molecule has 0 saturated heterocycles. The molecule has 0 fully saturated rings. The zero-order chi connectivity index (χ0) is 19.2. The Balaban J connectivity index is 1.89. The van der Waals surface area contributed by atoms with E-state index in [1.54, 1.807) is 62.4 Å². The molecular weight excluding hydrogens is 352 g/mol. The first-order valence-electron chi connectivity index (χ1n) is 7.89. The third-order valence-electron chi connectivity index (χ3n) is 3.47. The lowest BCUT2D eigenvalue weighted by atomic mass is 10.1. The molecule has 0 aliphatic rings. The minimum atomic E-state index is -1.06. The minimum Gasteiger partial charge on any atom is -0.478 e. The van der Waals surface area contributed by atoms with Crippen molar-refractivity contribution in [2.75, 3.05) is 6.54 Å². The van der Waals surface area contributed by atoms with E-state index in [1.165, 1.54) is 0 Å². The number of carbonyl (C=O) groups is 2. The van der Waals surface area contributed by atoms with E-state index >= 15 is 0 Å². The van der Waals surface area contributed by atoms with Gasteiger partial charge in [-0.05, 0) is 62.4 Å². The van der Waals surface area contributed by atoms with E-state index in [1.807, 2.05) is 0 Å². The molecule has 3 N–H and O–H groups in total. The summed E-state index contributed by atoms with van der Waals surface area (Å²) in [4.78, 5) is 23.3. The molecule has 0 atom stereocenters. The van der Waals surface area contributed by atoms with Gasteiger partial charge in [0.25, 0.3) is 5.91 Å². The second-order valence-electron chi connectivity index (χ2n) is 5.99. The van der Waals surface area contributed by atoms with Crippen LogP contribution in [0.5, 0.6) is 5.75 Å². The molecule has 2 rings (SSSR count). The zero-order valence-electron chi connectivity index (χ0n) is 14.5. The van der Waals surface area contributed by atoms with Gasteiger partial charge in [-0.2, -0.15) is 0 Å². The fourth-order valence-corrected chi connectivity index (χ4v) is 2.17. The topological polar surface area (TPSA) is 81.4 Å². The molecule has 2 aromatic carbocycles. The molecule has 26 heavy (non-hydrogen) atoms. The van der Waals surface area contributed by atoms with E-state index in [4.69, 9.17) is 22.1 Å². The number of ether oxygens (including phenoxy) is 1. The smallest absolute Gasteiger partial charge is 0.264 e. The standard InChI is InChI=1S/C20H19ClN2O3/c1-20(2,26-17-11-9-16(21)10-12-17)19(25)23-13-3-4-14-5-7-15(8-6-14)18(22)24/h5-12H,13H2,1-2H3,(H2,22,24)(H,23,25). The van der Waals surface area contributed by atoms with Crippen LogP contribution in [0.15, 0.2) is 48.5 Å². The summed E-state index contributed by atoms with van der Waals surface area (Å²) in [6.45, 7) is 3.52. The minimum absolute atomic E-state index is 0.170. The van der Waals surface area contributed by atoms with Crippen LogP contribution in [0.25, 0.3) is 0 Å². The highest BCUT2D eigenvalue weighted by atomic mass is 35.5. The Morgan fingerprint density at radius 2 is 1.73 bits per heavy atom. The Bertz CT molecular complexity index is 847. The van der Waals surface area contributed by atoms with Gasteiger partial charge in [0.05, 0.1) is 6.54 Å². The molecule has 0 bridgehead atoms. The van der Waals surface area contributed by atoms with Gasteiger partial charge in [0.2, 0.25) is 5.91 Å². The molecule has 2 amide bonds. The van der Waals surface area contributed by atoms with Gasteiger partial charge >= 0.3 is 0 Å². The van der Waals surface area contributed by atoms with Crippen LogP contribution in [0.3, 0.4) is 0 Å². The van der Waals surface area contributed by atoms with Gasteiger partial charge in [0, 0.05) is 16.1 Å². The number of hydrogen-bond acceptors (Lipinski definition) is 3. The highest BCUT2D eigenvalue weighted by molar-refractivity contribution is 6.30. The van der Waals surface area contributed by atoms with Crippen LogP contribution in [0.4, 0.5) is 0 Å². The predicted molar refractivity (Wildman–Crippen MR) is 101 cm³/mol. The van der Waals surface area contributed by atoms with Crippen LogP contribution in [-0.4, -0.2) is 24.0 Å². The third-order valence-corrected chi connectivity index (χ3v) is 3.72. The SMILES string of the molecule is CC(C)(Oc1ccc(Cl)cc1)C(=O)NCC#Cc1ccc(C(N)=O)cc1. The normalized spacial score (nSPS) is 10.4. The number of nitrogens with two attached hydrogens (primary N) is 1. The summed E-state index contributed by atoms with van der Waals surface area (Å²) in [5.41, 5.74) is 5.27. The van der Waals surface area contributed by atoms with E-state index < -0.39 is 11.5 Å². The lowest BCUT2D eigenvalue weighted by Gasteiger charge is -2.24. The first-order valence-corrected chi connectivity index (χ1v) is 8.27. The Kier molecular flexibility index (Phi) is 6.26. The Morgan fingerprint density at radius 3 is 2.31 bits per heavy atom. The molecular formula is C20H19ClN2O3. The van der Waals surface area contributed by atoms with Crippen molar-refractivity contribution in [2.24, 2.45) is 5.73 Å². The highest BCUT2D eigenvalue weighted by Gasteiger charge is 2.29. The van der Waals surface area contributed by atoms with E-state index in [9.17, 15) is 9.59 Å². The summed E-state index contributed by atoms with van der Waals surface area (Å²) < 4.78 is 5.71. The first-order chi connectivity index (χ1) is 12.3. The summed E-state index contributed by atoms with van der Waals surface area (Å²) in [6, 6.07) is 13.4. The molecule has 0 spiro atoms. The molecule has 0 aliphatic carbocycles. The van der Waals surface area contributed by atoms with Crippen molar-refractivity contribution in [3.63, 3.8) is 0 Å². The molecule has 0 heterocycles. The maximum absolute atomic E-state index is 12.3. The van der Waals surface area contributed by atoms with Crippen molar-refractivity contribution >= 4 is 23.4 Å². The average molecular weight is 371 g/mol. The van der Waals surface area contributed by atoms with Crippen LogP contribution in [0.1, 0.15) is 29.8 Å². The van der Waals surface area contributed by atoms with Crippen LogP contribution in [0.2, 0.25) is 5.02 Å². The van der Waals surface area contributed by atoms with Crippen molar-refractivity contribution in [1.29, 1.82) is 0 Å². The summed E-state index contributed by atoms with van der Waals surface area (Å²) in [5, 5.41) is 3.31. The van der Waals surface area contributed by atoms with Crippen molar-refractivity contribution in [2.45, 2.75) is 19.4 Å². The van der Waals surface area contributed by atoms with Crippen LogP contribution < -0.4 is 15.8 Å². The van der Waals surface area contributed by atoms with Gasteiger partial charge in [-0.1, -0.05) is 23.4 Å². The molecule has 0 saturated carbocycles. The molecule has 0 aromatic heterocycles. The van der Waals surface area contributed by atoms with Crippen LogP contribution >= 0.6 is 11.6 Å². The number of amides is 2. The second kappa shape index (κ2) is 8.41. The second-order valence-corrected chi connectivity index (χ2v) is 6.43. The highest BCUT2D eigenvalue weighted by Crippen LogP contribution is 2.20. The van der Waals surface area contributed by atoms with Crippen LogP contribution in [-0.2, 0) is 4.79 Å². The monoisotopic (exact) mass is 370 g/mol. The summed E-state index contributed by atoms with van der Waals surface area (Å²) in [7, 11) is 0. The van der Waals surface area contributed by atoms with Crippen molar-refractivity contribution in [1.82, 2.24) is 5.32 Å². The molecule has 134 valence electrons. The quantitative estimate of drug-likeness (QED) is 0.794. The largest absolute Gasteiger partial charge is 0.478 e. The third kappa shape index (κ3) is 5.54. The Labute approximate surface area is 157 Å². The van der Waals surface area contributed by atoms with Gasteiger partial charge in [0.1, 0.15) is 5.75 Å². The van der Waals surface area contributed by atoms with Crippen LogP contribution in [0, 0.1) is 11.8 Å². The number of halogens is 1. The van der Waals surface area contributed by atoms with Gasteiger partial charge in [0.15, 0.2) is 5.60 Å². The molecule has 2 aromatic rings. The number of primary amides is 1. The molecule has 0 aliphatic heterocycles. The van der Waals surface area contributed by atoms with Gasteiger partial charge in [-0.25, -0.2) is 0 Å². The van der Waals surface area contributed by atoms with Crippen molar-refractivity contribution in [3.8, 4) is 17.6 Å². The van der Waals surface area contributed by atoms with E-state index in [2.05, 4.69) is 17.2 Å². The fourth-order valence-electron chi connectivity index (χ4n) is 2.05. The maximum Gasteiger partial charge on any atom is 0.264 e. The van der Waals surface area contributed by atoms with E-state index in [-0.39, 0.29) is 12.5 Å². The number of nitrogens with one attached hydrogen (secondary N) is 1. The Morgan fingerprint density at radius 1 is 1.12 bits per heavy atom. The summed E-state index contributed by atoms with van der Waals surface area (Å²) in [5.74, 6) is 5.53. The molecule has 0 radical (unpaired) electrons. The first kappa shape index (κ1) is 19.4. The summed E-state index contributed by atoms with van der Waals surface area (Å²) in [6.07, 6.45) is 0. The Hall–Kier alpha value is -2.97. The van der Waals surface area contributed by atoms with Crippen molar-refractivity contribution < 1.29 is 14.3 Å². The molecule has 0 unspecified atom stereocenters. The molecule has 6 heteroatoms. The zero-order valence-corrected chi connectivity index (χ0v) is 15.3. The molecule has 5 nitrogen and oxygen atoms in total. The number of hydrogen-bond donors (Lipinski definition) is 2. The fraction of sp³-hybridized carbons (Fsp3) is 0.200. The van der Waals surface area contributed by atoms with Crippen molar-refractivity contribution in [3.05, 3.63) is 64.7 Å². The number of rotatable bonds is 5. The lowest BCUT2D eigenvalue weighted by Crippen LogP contribution is -2.46. The average Bonchev–Trinajstić information content (AvgIpc) is 2.60.